The van der Waals surface area contributed by atoms with Gasteiger partial charge < -0.3 is 9.64 Å². The number of amides is 1. The number of carbonyl (C=O) groups excluding carboxylic acids is 1. The number of carbonyl (C=O) groups is 1. The average molecular weight is 320 g/mol. The smallest absolute Gasteiger partial charge is 0.254 e. The second-order valence-corrected chi connectivity index (χ2v) is 5.71. The van der Waals surface area contributed by atoms with Gasteiger partial charge in [0, 0.05) is 23.7 Å². The van der Waals surface area contributed by atoms with Gasteiger partial charge in [0.05, 0.1) is 12.7 Å². The molecule has 2 aromatic rings. The molecule has 0 atom stereocenters. The fourth-order valence-electron chi connectivity index (χ4n) is 2.28. The number of benzene rings is 2. The molecular formula is C17H15ClFNO2. The molecule has 3 nitrogen and oxygen atoms in total. The van der Waals surface area contributed by atoms with Gasteiger partial charge in [0.1, 0.15) is 5.82 Å². The molecular weight excluding hydrogens is 305 g/mol. The molecule has 3 rings (SSSR count). The molecule has 0 aromatic heterocycles. The van der Waals surface area contributed by atoms with Gasteiger partial charge in [-0.2, -0.15) is 0 Å². The molecule has 0 spiro atoms. The van der Waals surface area contributed by atoms with Crippen LogP contribution >= 0.6 is 11.6 Å². The van der Waals surface area contributed by atoms with E-state index in [4.69, 9.17) is 16.3 Å². The monoisotopic (exact) mass is 319 g/mol. The molecule has 0 bridgehead atoms. The Bertz CT molecular complexity index is 651. The first-order valence-electron chi connectivity index (χ1n) is 7.03. The van der Waals surface area contributed by atoms with Gasteiger partial charge in [-0.3, -0.25) is 4.79 Å². The first-order chi connectivity index (χ1) is 10.6. The van der Waals surface area contributed by atoms with Crippen LogP contribution in [0.25, 0.3) is 0 Å². The van der Waals surface area contributed by atoms with E-state index >= 15 is 0 Å². The Morgan fingerprint density at radius 1 is 1.14 bits per heavy atom. The summed E-state index contributed by atoms with van der Waals surface area (Å²) < 4.78 is 18.5. The number of nitrogens with zero attached hydrogens (tertiary/aromatic N) is 1. The maximum atomic E-state index is 12.8. The molecule has 1 fully saturated rings. The fourth-order valence-corrected chi connectivity index (χ4v) is 2.41. The zero-order valence-electron chi connectivity index (χ0n) is 11.8. The molecule has 1 saturated heterocycles. The summed E-state index contributed by atoms with van der Waals surface area (Å²) in [6.07, 6.45) is 0.0290. The maximum absolute atomic E-state index is 12.8. The largest absolute Gasteiger partial charge is 0.370 e. The van der Waals surface area contributed by atoms with Crippen LogP contribution in [0.3, 0.4) is 0 Å². The lowest BCUT2D eigenvalue weighted by molar-refractivity contribution is -0.0503. The molecule has 0 saturated carbocycles. The van der Waals surface area contributed by atoms with Crippen molar-refractivity contribution in [3.05, 3.63) is 70.5 Å². The van der Waals surface area contributed by atoms with Crippen molar-refractivity contribution in [1.29, 1.82) is 0 Å². The van der Waals surface area contributed by atoms with Crippen LogP contribution in [-0.2, 0) is 11.3 Å². The minimum absolute atomic E-state index is 0.0155. The predicted octanol–water partition coefficient (Wildman–Crippen LogP) is 3.52. The van der Waals surface area contributed by atoms with Gasteiger partial charge in [-0.05, 0) is 42.0 Å². The van der Waals surface area contributed by atoms with Crippen LogP contribution in [0.15, 0.2) is 48.5 Å². The normalized spacial score (nSPS) is 14.7. The van der Waals surface area contributed by atoms with Crippen molar-refractivity contribution in [3.8, 4) is 0 Å². The summed E-state index contributed by atoms with van der Waals surface area (Å²) in [5, 5.41) is 0.612. The highest BCUT2D eigenvalue weighted by molar-refractivity contribution is 6.30. The van der Waals surface area contributed by atoms with Gasteiger partial charge in [-0.15, -0.1) is 0 Å². The quantitative estimate of drug-likeness (QED) is 0.863. The standard InChI is InChI=1S/C17H15ClFNO2/c18-14-5-3-13(4-6-14)17(21)20-9-16(10-20)22-11-12-1-7-15(19)8-2-12/h1-8,16H,9-11H2. The first-order valence-corrected chi connectivity index (χ1v) is 7.40. The summed E-state index contributed by atoms with van der Waals surface area (Å²) in [4.78, 5) is 13.9. The summed E-state index contributed by atoms with van der Waals surface area (Å²) in [5.41, 5.74) is 1.55. The number of rotatable bonds is 4. The van der Waals surface area contributed by atoms with Gasteiger partial charge in [-0.25, -0.2) is 4.39 Å². The molecule has 0 radical (unpaired) electrons. The summed E-state index contributed by atoms with van der Waals surface area (Å²) in [7, 11) is 0. The highest BCUT2D eigenvalue weighted by Crippen LogP contribution is 2.18. The van der Waals surface area contributed by atoms with E-state index in [1.807, 2.05) is 0 Å². The first kappa shape index (κ1) is 15.0. The molecule has 0 N–H and O–H groups in total. The van der Waals surface area contributed by atoms with Crippen molar-refractivity contribution in [2.75, 3.05) is 13.1 Å². The lowest BCUT2D eigenvalue weighted by atomic mass is 10.1. The average Bonchev–Trinajstić information content (AvgIpc) is 2.48. The minimum Gasteiger partial charge on any atom is -0.370 e. The van der Waals surface area contributed by atoms with Crippen LogP contribution in [0, 0.1) is 5.82 Å². The van der Waals surface area contributed by atoms with Crippen LogP contribution in [0.4, 0.5) is 4.39 Å². The molecule has 1 amide bonds. The molecule has 1 heterocycles. The lowest BCUT2D eigenvalue weighted by Gasteiger charge is -2.39. The third-order valence-corrected chi connectivity index (χ3v) is 3.88. The van der Waals surface area contributed by atoms with Crippen molar-refractivity contribution in [1.82, 2.24) is 4.90 Å². The van der Waals surface area contributed by atoms with Crippen molar-refractivity contribution >= 4 is 17.5 Å². The number of halogens is 2. The molecule has 0 unspecified atom stereocenters. The van der Waals surface area contributed by atoms with E-state index in [1.54, 1.807) is 41.3 Å². The Morgan fingerprint density at radius 3 is 2.41 bits per heavy atom. The summed E-state index contributed by atoms with van der Waals surface area (Å²) in [5.74, 6) is -0.273. The van der Waals surface area contributed by atoms with Gasteiger partial charge >= 0.3 is 0 Å². The molecule has 2 aromatic carbocycles. The topological polar surface area (TPSA) is 29.5 Å². The summed E-state index contributed by atoms with van der Waals surface area (Å²) in [6.45, 7) is 1.57. The Morgan fingerprint density at radius 2 is 1.77 bits per heavy atom. The van der Waals surface area contributed by atoms with Crippen LogP contribution in [-0.4, -0.2) is 30.0 Å². The Labute approximate surface area is 133 Å². The van der Waals surface area contributed by atoms with Crippen LogP contribution in [0.2, 0.25) is 5.02 Å². The van der Waals surface area contributed by atoms with E-state index in [2.05, 4.69) is 0 Å². The van der Waals surface area contributed by atoms with Crippen LogP contribution in [0.1, 0.15) is 15.9 Å². The highest BCUT2D eigenvalue weighted by Gasteiger charge is 2.31. The van der Waals surface area contributed by atoms with Gasteiger partial charge in [0.25, 0.3) is 5.91 Å². The Kier molecular flexibility index (Phi) is 4.41. The van der Waals surface area contributed by atoms with Crippen LogP contribution < -0.4 is 0 Å². The van der Waals surface area contributed by atoms with Crippen LogP contribution in [0.5, 0.6) is 0 Å². The van der Waals surface area contributed by atoms with Crippen molar-refractivity contribution in [3.63, 3.8) is 0 Å². The SMILES string of the molecule is O=C(c1ccc(Cl)cc1)N1CC(OCc2ccc(F)cc2)C1. The zero-order valence-corrected chi connectivity index (χ0v) is 12.6. The highest BCUT2D eigenvalue weighted by atomic mass is 35.5. The Balaban J connectivity index is 1.46. The molecule has 1 aliphatic rings. The van der Waals surface area contributed by atoms with Gasteiger partial charge in [0.2, 0.25) is 0 Å². The third-order valence-electron chi connectivity index (χ3n) is 3.63. The minimum atomic E-state index is -0.257. The molecule has 22 heavy (non-hydrogen) atoms. The molecule has 5 heteroatoms. The zero-order chi connectivity index (χ0) is 15.5. The predicted molar refractivity (Wildman–Crippen MR) is 82.3 cm³/mol. The van der Waals surface area contributed by atoms with E-state index in [-0.39, 0.29) is 17.8 Å². The van der Waals surface area contributed by atoms with Gasteiger partial charge in [-0.1, -0.05) is 23.7 Å². The van der Waals surface area contributed by atoms with Crippen molar-refractivity contribution < 1.29 is 13.9 Å². The number of hydrogen-bond donors (Lipinski definition) is 0. The summed E-state index contributed by atoms with van der Waals surface area (Å²) >= 11 is 5.81. The maximum Gasteiger partial charge on any atom is 0.254 e. The van der Waals surface area contributed by atoms with E-state index in [1.165, 1.54) is 12.1 Å². The van der Waals surface area contributed by atoms with Crippen molar-refractivity contribution in [2.24, 2.45) is 0 Å². The lowest BCUT2D eigenvalue weighted by Crippen LogP contribution is -2.54. The molecule has 1 aliphatic heterocycles. The van der Waals surface area contributed by atoms with Crippen molar-refractivity contribution in [2.45, 2.75) is 12.7 Å². The third kappa shape index (κ3) is 3.46. The van der Waals surface area contributed by atoms with E-state index in [0.717, 1.165) is 5.56 Å². The molecule has 114 valence electrons. The second kappa shape index (κ2) is 6.46. The van der Waals surface area contributed by atoms with E-state index in [0.29, 0.717) is 30.3 Å². The number of hydrogen-bond acceptors (Lipinski definition) is 2. The number of likely N-dealkylation sites (tertiary alicyclic amines) is 1. The molecule has 0 aliphatic carbocycles. The second-order valence-electron chi connectivity index (χ2n) is 5.28. The van der Waals surface area contributed by atoms with E-state index < -0.39 is 0 Å². The Hall–Kier alpha value is -1.91. The van der Waals surface area contributed by atoms with E-state index in [9.17, 15) is 9.18 Å². The summed E-state index contributed by atoms with van der Waals surface area (Å²) in [6, 6.07) is 13.1. The van der Waals surface area contributed by atoms with Gasteiger partial charge in [0.15, 0.2) is 0 Å². The number of ether oxygens (including phenoxy) is 1. The fraction of sp³-hybridized carbons (Fsp3) is 0.235.